The van der Waals surface area contributed by atoms with Crippen molar-refractivity contribution in [3.63, 3.8) is 0 Å². The van der Waals surface area contributed by atoms with Crippen LogP contribution in [0.3, 0.4) is 0 Å². The van der Waals surface area contributed by atoms with Crippen molar-refractivity contribution in [2.24, 2.45) is 5.92 Å². The van der Waals surface area contributed by atoms with Gasteiger partial charge in [0.1, 0.15) is 6.33 Å². The molecule has 1 saturated heterocycles. The van der Waals surface area contributed by atoms with Crippen LogP contribution in [0, 0.1) is 5.92 Å². The Labute approximate surface area is 124 Å². The summed E-state index contributed by atoms with van der Waals surface area (Å²) in [6.45, 7) is 7.56. The Bertz CT molecular complexity index is 638. The third-order valence-corrected chi connectivity index (χ3v) is 4.21. The number of nitrogens with zero attached hydrogens (tertiary/aromatic N) is 5. The minimum absolute atomic E-state index is 0.473. The molecule has 1 aliphatic rings. The highest BCUT2D eigenvalue weighted by Gasteiger charge is 2.26. The molecule has 114 valence electrons. The molecule has 0 radical (unpaired) electrons. The zero-order valence-electron chi connectivity index (χ0n) is 12.8. The van der Waals surface area contributed by atoms with E-state index >= 15 is 0 Å². The maximum atomic E-state index is 6.06. The van der Waals surface area contributed by atoms with Gasteiger partial charge in [-0.25, -0.2) is 9.97 Å². The molecule has 7 heteroatoms. The van der Waals surface area contributed by atoms with E-state index in [-0.39, 0.29) is 0 Å². The molecule has 0 bridgehead atoms. The van der Waals surface area contributed by atoms with E-state index in [2.05, 4.69) is 33.7 Å². The topological polar surface area (TPSA) is 82.1 Å². The second-order valence-electron chi connectivity index (χ2n) is 5.88. The lowest BCUT2D eigenvalue weighted by atomic mass is 10.1. The average molecular weight is 290 g/mol. The van der Waals surface area contributed by atoms with Crippen molar-refractivity contribution in [1.29, 1.82) is 0 Å². The zero-order chi connectivity index (χ0) is 15.0. The molecule has 1 atom stereocenters. The number of fused-ring (bicyclic) bond motifs is 1. The van der Waals surface area contributed by atoms with Crippen LogP contribution in [0.25, 0.3) is 11.2 Å². The normalized spacial score (nSPS) is 19.7. The highest BCUT2D eigenvalue weighted by atomic mass is 16.5. The monoisotopic (exact) mass is 290 g/mol. The molecule has 2 aromatic rings. The van der Waals surface area contributed by atoms with E-state index in [1.54, 1.807) is 7.11 Å². The van der Waals surface area contributed by atoms with Gasteiger partial charge in [0.05, 0.1) is 7.11 Å². The quantitative estimate of drug-likeness (QED) is 0.909. The second kappa shape index (κ2) is 5.48. The van der Waals surface area contributed by atoms with Gasteiger partial charge in [-0.3, -0.25) is 4.57 Å². The van der Waals surface area contributed by atoms with Gasteiger partial charge < -0.3 is 15.4 Å². The first-order valence-electron chi connectivity index (χ1n) is 7.35. The predicted octanol–water partition coefficient (Wildman–Crippen LogP) is 1.15. The molecule has 0 spiro atoms. The van der Waals surface area contributed by atoms with E-state index in [1.165, 1.54) is 12.7 Å². The lowest BCUT2D eigenvalue weighted by Gasteiger charge is -2.20. The first kappa shape index (κ1) is 14.1. The number of hydrogen-bond acceptors (Lipinski definition) is 6. The van der Waals surface area contributed by atoms with Gasteiger partial charge in [-0.2, -0.15) is 4.98 Å². The number of nitrogen functional groups attached to an aromatic ring is 1. The Hall–Kier alpha value is -1.89. The summed E-state index contributed by atoms with van der Waals surface area (Å²) in [6, 6.07) is 0.592. The van der Waals surface area contributed by atoms with Crippen molar-refractivity contribution in [3.8, 4) is 5.88 Å². The number of aromatic nitrogens is 4. The van der Waals surface area contributed by atoms with Gasteiger partial charge in [0.15, 0.2) is 11.2 Å². The molecule has 21 heavy (non-hydrogen) atoms. The number of imidazole rings is 1. The van der Waals surface area contributed by atoms with E-state index in [0.717, 1.165) is 25.3 Å². The first-order valence-corrected chi connectivity index (χ1v) is 7.35. The summed E-state index contributed by atoms with van der Waals surface area (Å²) >= 11 is 0. The fourth-order valence-electron chi connectivity index (χ4n) is 3.00. The molecule has 7 nitrogen and oxygen atoms in total. The van der Waals surface area contributed by atoms with Gasteiger partial charge in [0.25, 0.3) is 0 Å². The molecule has 3 heterocycles. The highest BCUT2D eigenvalue weighted by Crippen LogP contribution is 2.26. The fourth-order valence-corrected chi connectivity index (χ4v) is 3.00. The van der Waals surface area contributed by atoms with Crippen molar-refractivity contribution in [1.82, 2.24) is 24.4 Å². The summed E-state index contributed by atoms with van der Waals surface area (Å²) in [4.78, 5) is 15.2. The lowest BCUT2D eigenvalue weighted by molar-refractivity contribution is 0.261. The van der Waals surface area contributed by atoms with Gasteiger partial charge in [-0.15, -0.1) is 0 Å². The van der Waals surface area contributed by atoms with Gasteiger partial charge in [-0.1, -0.05) is 0 Å². The standard InChI is InChI=1S/C14H22N6O/c1-9(2)19-5-4-10(6-19)7-20-12-11(18-14(20)15)13(21-3)17-8-16-12/h8-10H,4-7H2,1-3H3,(H2,15,18). The number of methoxy groups -OCH3 is 1. The van der Waals surface area contributed by atoms with Gasteiger partial charge in [0.2, 0.25) is 11.8 Å². The van der Waals surface area contributed by atoms with Crippen LogP contribution in [0.5, 0.6) is 5.88 Å². The minimum atomic E-state index is 0.473. The van der Waals surface area contributed by atoms with Crippen LogP contribution in [0.15, 0.2) is 6.33 Å². The Morgan fingerprint density at radius 3 is 2.90 bits per heavy atom. The van der Waals surface area contributed by atoms with Crippen molar-refractivity contribution < 1.29 is 4.74 Å². The number of likely N-dealkylation sites (tertiary alicyclic amines) is 1. The van der Waals surface area contributed by atoms with Gasteiger partial charge in [-0.05, 0) is 32.7 Å². The van der Waals surface area contributed by atoms with Crippen molar-refractivity contribution in [3.05, 3.63) is 6.33 Å². The molecule has 0 aliphatic carbocycles. The summed E-state index contributed by atoms with van der Waals surface area (Å²) in [6.07, 6.45) is 2.67. The van der Waals surface area contributed by atoms with E-state index < -0.39 is 0 Å². The average Bonchev–Trinajstić information content (AvgIpc) is 3.05. The Morgan fingerprint density at radius 2 is 2.24 bits per heavy atom. The molecule has 3 rings (SSSR count). The lowest BCUT2D eigenvalue weighted by Crippen LogP contribution is -2.28. The van der Waals surface area contributed by atoms with Gasteiger partial charge >= 0.3 is 0 Å². The molecule has 2 aromatic heterocycles. The maximum Gasteiger partial charge on any atom is 0.245 e. The molecule has 1 fully saturated rings. The van der Waals surface area contributed by atoms with E-state index in [1.807, 2.05) is 4.57 Å². The molecular weight excluding hydrogens is 268 g/mol. The summed E-state index contributed by atoms with van der Waals surface area (Å²) in [5.74, 6) is 1.53. The number of anilines is 1. The minimum Gasteiger partial charge on any atom is -0.479 e. The smallest absolute Gasteiger partial charge is 0.245 e. The molecule has 1 unspecified atom stereocenters. The van der Waals surface area contributed by atoms with Crippen LogP contribution in [-0.4, -0.2) is 50.7 Å². The van der Waals surface area contributed by atoms with Crippen molar-refractivity contribution >= 4 is 17.1 Å². The van der Waals surface area contributed by atoms with Crippen molar-refractivity contribution in [2.75, 3.05) is 25.9 Å². The molecule has 2 N–H and O–H groups in total. The first-order chi connectivity index (χ1) is 10.1. The van der Waals surface area contributed by atoms with Gasteiger partial charge in [0, 0.05) is 19.1 Å². The highest BCUT2D eigenvalue weighted by molar-refractivity contribution is 5.78. The fraction of sp³-hybridized carbons (Fsp3) is 0.643. The maximum absolute atomic E-state index is 6.06. The Morgan fingerprint density at radius 1 is 1.43 bits per heavy atom. The summed E-state index contributed by atoms with van der Waals surface area (Å²) in [7, 11) is 1.58. The van der Waals surface area contributed by atoms with Crippen LogP contribution in [0.1, 0.15) is 20.3 Å². The van der Waals surface area contributed by atoms with Crippen LogP contribution in [-0.2, 0) is 6.54 Å². The third-order valence-electron chi connectivity index (χ3n) is 4.21. The van der Waals surface area contributed by atoms with E-state index in [9.17, 15) is 0 Å². The molecule has 1 aliphatic heterocycles. The Kier molecular flexibility index (Phi) is 3.67. The van der Waals surface area contributed by atoms with Crippen LogP contribution in [0.2, 0.25) is 0 Å². The molecule has 0 saturated carbocycles. The second-order valence-corrected chi connectivity index (χ2v) is 5.88. The summed E-state index contributed by atoms with van der Waals surface area (Å²) < 4.78 is 7.20. The summed E-state index contributed by atoms with van der Waals surface area (Å²) in [5.41, 5.74) is 7.45. The van der Waals surface area contributed by atoms with Crippen LogP contribution >= 0.6 is 0 Å². The zero-order valence-corrected chi connectivity index (χ0v) is 12.8. The summed E-state index contributed by atoms with van der Waals surface area (Å²) in [5, 5.41) is 0. The van der Waals surface area contributed by atoms with E-state index in [4.69, 9.17) is 10.5 Å². The number of nitrogens with two attached hydrogens (primary N) is 1. The number of hydrogen-bond donors (Lipinski definition) is 1. The molecular formula is C14H22N6O. The third kappa shape index (κ3) is 2.53. The van der Waals surface area contributed by atoms with Crippen LogP contribution in [0.4, 0.5) is 5.95 Å². The number of rotatable bonds is 4. The largest absolute Gasteiger partial charge is 0.479 e. The van der Waals surface area contributed by atoms with Crippen molar-refractivity contribution in [2.45, 2.75) is 32.9 Å². The number of ether oxygens (including phenoxy) is 1. The molecule has 0 aromatic carbocycles. The predicted molar refractivity (Wildman–Crippen MR) is 81.1 cm³/mol. The SMILES string of the molecule is COc1ncnc2c1nc(N)n2CC1CCN(C(C)C)C1. The van der Waals surface area contributed by atoms with Crippen LogP contribution < -0.4 is 10.5 Å². The Balaban J connectivity index is 1.86. The van der Waals surface area contributed by atoms with E-state index in [0.29, 0.717) is 29.3 Å². The molecule has 0 amide bonds.